The van der Waals surface area contributed by atoms with E-state index in [0.29, 0.717) is 5.56 Å². The molecule has 1 aliphatic rings. The van der Waals surface area contributed by atoms with Crippen LogP contribution in [0, 0.1) is 0 Å². The Morgan fingerprint density at radius 2 is 1.61 bits per heavy atom. The highest BCUT2D eigenvalue weighted by Crippen LogP contribution is 2.23. The van der Waals surface area contributed by atoms with Crippen LogP contribution in [-0.2, 0) is 6.54 Å². The molecule has 0 radical (unpaired) electrons. The number of fused-ring (bicyclic) bond motifs is 2. The van der Waals surface area contributed by atoms with Crippen LogP contribution >= 0.6 is 0 Å². The largest absolute Gasteiger partial charge is 0.372 e. The molecule has 1 fully saturated rings. The summed E-state index contributed by atoms with van der Waals surface area (Å²) in [6.07, 6.45) is 6.29. The summed E-state index contributed by atoms with van der Waals surface area (Å²) in [6.45, 7) is 2.93. The molecule has 1 N–H and O–H groups in total. The van der Waals surface area contributed by atoms with Gasteiger partial charge in [-0.25, -0.2) is 5.43 Å². The van der Waals surface area contributed by atoms with Gasteiger partial charge in [-0.3, -0.25) is 4.79 Å². The lowest BCUT2D eigenvalue weighted by Crippen LogP contribution is -2.19. The summed E-state index contributed by atoms with van der Waals surface area (Å²) in [7, 11) is 0. The lowest BCUT2D eigenvalue weighted by molar-refractivity contribution is 0.0955. The predicted molar refractivity (Wildman–Crippen MR) is 148 cm³/mol. The Kier molecular flexibility index (Phi) is 5.96. The molecule has 1 aromatic heterocycles. The number of carbonyl (C=O) groups is 1. The summed E-state index contributed by atoms with van der Waals surface area (Å²) >= 11 is 0. The van der Waals surface area contributed by atoms with Crippen LogP contribution in [0.15, 0.2) is 102 Å². The van der Waals surface area contributed by atoms with Crippen molar-refractivity contribution >= 4 is 39.5 Å². The normalized spacial score (nSPS) is 13.7. The Morgan fingerprint density at radius 1 is 0.861 bits per heavy atom. The molecular formula is C31H28N4O. The fourth-order valence-corrected chi connectivity index (χ4v) is 5.07. The van der Waals surface area contributed by atoms with Crippen LogP contribution in [0.5, 0.6) is 0 Å². The number of anilines is 1. The van der Waals surface area contributed by atoms with Crippen molar-refractivity contribution in [2.24, 2.45) is 5.10 Å². The van der Waals surface area contributed by atoms with E-state index in [1.807, 2.05) is 36.4 Å². The molecule has 0 bridgehead atoms. The molecule has 0 spiro atoms. The van der Waals surface area contributed by atoms with E-state index in [9.17, 15) is 4.79 Å². The Morgan fingerprint density at radius 3 is 2.44 bits per heavy atom. The third-order valence-electron chi connectivity index (χ3n) is 6.96. The van der Waals surface area contributed by atoms with Crippen LogP contribution in [0.4, 0.5) is 5.69 Å². The van der Waals surface area contributed by atoms with Crippen molar-refractivity contribution < 1.29 is 4.79 Å². The standard InChI is InChI=1S/C31H28N4O/c36-31(25-13-15-28(16-14-25)34-17-5-6-18-34)33-32-20-27-22-35(30-10-4-3-9-29(27)30)21-23-11-12-24-7-1-2-8-26(24)19-23/h1-4,7-16,19-20,22H,5-6,17-18,21H2,(H,33,36)/b32-20-. The SMILES string of the molecule is O=C(N/N=C\c1cn(Cc2ccc3ccccc3c2)c2ccccc12)c1ccc(N2CCCC2)cc1. The highest BCUT2D eigenvalue weighted by Gasteiger charge is 2.13. The molecule has 0 unspecified atom stereocenters. The van der Waals surface area contributed by atoms with Gasteiger partial charge in [0.05, 0.1) is 6.21 Å². The average Bonchev–Trinajstić information content (AvgIpc) is 3.58. The molecule has 0 saturated carbocycles. The Labute approximate surface area is 210 Å². The Hall–Kier alpha value is -4.38. The van der Waals surface area contributed by atoms with Gasteiger partial charge >= 0.3 is 0 Å². The number of aromatic nitrogens is 1. The molecule has 178 valence electrons. The van der Waals surface area contributed by atoms with Crippen LogP contribution in [0.1, 0.15) is 34.3 Å². The molecule has 4 aromatic carbocycles. The number of hydrazone groups is 1. The number of amides is 1. The third-order valence-corrected chi connectivity index (χ3v) is 6.96. The topological polar surface area (TPSA) is 49.6 Å². The van der Waals surface area contributed by atoms with Gasteiger partial charge in [-0.1, -0.05) is 54.6 Å². The maximum absolute atomic E-state index is 12.6. The number of rotatable bonds is 6. The fraction of sp³-hybridized carbons (Fsp3) is 0.161. The molecule has 6 rings (SSSR count). The lowest BCUT2D eigenvalue weighted by atomic mass is 10.1. The van der Waals surface area contributed by atoms with E-state index in [1.165, 1.54) is 34.9 Å². The van der Waals surface area contributed by atoms with Gasteiger partial charge in [0.25, 0.3) is 5.91 Å². The van der Waals surface area contributed by atoms with Crippen molar-refractivity contribution in [3.63, 3.8) is 0 Å². The van der Waals surface area contributed by atoms with Gasteiger partial charge < -0.3 is 9.47 Å². The number of carbonyl (C=O) groups excluding carboxylic acids is 1. The first kappa shape index (κ1) is 22.1. The van der Waals surface area contributed by atoms with Crippen molar-refractivity contribution in [3.05, 3.63) is 114 Å². The zero-order valence-corrected chi connectivity index (χ0v) is 20.1. The number of hydrogen-bond acceptors (Lipinski definition) is 3. The van der Waals surface area contributed by atoms with Gasteiger partial charge in [0.2, 0.25) is 0 Å². The van der Waals surface area contributed by atoms with Crippen molar-refractivity contribution in [3.8, 4) is 0 Å². The molecular weight excluding hydrogens is 444 g/mol. The van der Waals surface area contributed by atoms with Crippen molar-refractivity contribution in [2.45, 2.75) is 19.4 Å². The van der Waals surface area contributed by atoms with E-state index in [4.69, 9.17) is 0 Å². The molecule has 0 aliphatic carbocycles. The second-order valence-electron chi connectivity index (χ2n) is 9.35. The monoisotopic (exact) mass is 472 g/mol. The van der Waals surface area contributed by atoms with Gasteiger partial charge in [-0.2, -0.15) is 5.10 Å². The van der Waals surface area contributed by atoms with Crippen LogP contribution < -0.4 is 10.3 Å². The maximum Gasteiger partial charge on any atom is 0.271 e. The second-order valence-corrected chi connectivity index (χ2v) is 9.35. The minimum absolute atomic E-state index is 0.209. The first-order chi connectivity index (χ1) is 17.7. The Bertz CT molecular complexity index is 1560. The fourth-order valence-electron chi connectivity index (χ4n) is 5.07. The maximum atomic E-state index is 12.6. The smallest absolute Gasteiger partial charge is 0.271 e. The zero-order valence-electron chi connectivity index (χ0n) is 20.1. The molecule has 1 aliphatic heterocycles. The average molecular weight is 473 g/mol. The molecule has 5 heteroatoms. The molecule has 1 amide bonds. The molecule has 5 nitrogen and oxygen atoms in total. The third kappa shape index (κ3) is 4.48. The van der Waals surface area contributed by atoms with E-state index in [1.54, 1.807) is 6.21 Å². The van der Waals surface area contributed by atoms with Crippen LogP contribution in [0.3, 0.4) is 0 Å². The molecule has 5 aromatic rings. The van der Waals surface area contributed by atoms with E-state index >= 15 is 0 Å². The van der Waals surface area contributed by atoms with Gasteiger partial charge in [0, 0.05) is 53.5 Å². The zero-order chi connectivity index (χ0) is 24.3. The predicted octanol–water partition coefficient (Wildman–Crippen LogP) is 6.21. The van der Waals surface area contributed by atoms with Gasteiger partial charge in [0.1, 0.15) is 0 Å². The first-order valence-electron chi connectivity index (χ1n) is 12.5. The van der Waals surface area contributed by atoms with E-state index in [2.05, 4.69) is 80.8 Å². The van der Waals surface area contributed by atoms with Gasteiger partial charge in [-0.05, 0) is 65.6 Å². The summed E-state index contributed by atoms with van der Waals surface area (Å²) < 4.78 is 2.24. The van der Waals surface area contributed by atoms with Crippen LogP contribution in [0.2, 0.25) is 0 Å². The number of benzene rings is 4. The van der Waals surface area contributed by atoms with Crippen LogP contribution in [-0.4, -0.2) is 29.8 Å². The van der Waals surface area contributed by atoms with E-state index in [-0.39, 0.29) is 5.91 Å². The number of hydrogen-bond donors (Lipinski definition) is 1. The molecule has 2 heterocycles. The molecule has 36 heavy (non-hydrogen) atoms. The summed E-state index contributed by atoms with van der Waals surface area (Å²) in [6, 6.07) is 31.1. The molecule has 1 saturated heterocycles. The minimum atomic E-state index is -0.209. The number of nitrogens with zero attached hydrogens (tertiary/aromatic N) is 3. The summed E-state index contributed by atoms with van der Waals surface area (Å²) in [5.74, 6) is -0.209. The molecule has 0 atom stereocenters. The quantitative estimate of drug-likeness (QED) is 0.236. The van der Waals surface area contributed by atoms with Gasteiger partial charge in [-0.15, -0.1) is 0 Å². The van der Waals surface area contributed by atoms with Gasteiger partial charge in [0.15, 0.2) is 0 Å². The summed E-state index contributed by atoms with van der Waals surface area (Å²) in [5.41, 5.74) is 7.81. The summed E-state index contributed by atoms with van der Waals surface area (Å²) in [5, 5.41) is 7.87. The first-order valence-corrected chi connectivity index (χ1v) is 12.5. The van der Waals surface area contributed by atoms with Crippen LogP contribution in [0.25, 0.3) is 21.7 Å². The minimum Gasteiger partial charge on any atom is -0.372 e. The number of para-hydroxylation sites is 1. The number of nitrogens with one attached hydrogen (secondary N) is 1. The highest BCUT2D eigenvalue weighted by atomic mass is 16.2. The van der Waals surface area contributed by atoms with Crippen molar-refractivity contribution in [1.29, 1.82) is 0 Å². The second kappa shape index (κ2) is 9.70. The Balaban J connectivity index is 1.19. The van der Waals surface area contributed by atoms with E-state index in [0.717, 1.165) is 36.1 Å². The van der Waals surface area contributed by atoms with Crippen molar-refractivity contribution in [2.75, 3.05) is 18.0 Å². The van der Waals surface area contributed by atoms with Crippen molar-refractivity contribution in [1.82, 2.24) is 9.99 Å². The lowest BCUT2D eigenvalue weighted by Gasteiger charge is -2.17. The van der Waals surface area contributed by atoms with E-state index < -0.39 is 0 Å². The highest BCUT2D eigenvalue weighted by molar-refractivity contribution is 6.00. The summed E-state index contributed by atoms with van der Waals surface area (Å²) in [4.78, 5) is 15.0.